The first-order valence-corrected chi connectivity index (χ1v) is 5.11. The van der Waals surface area contributed by atoms with Crippen molar-refractivity contribution in [2.75, 3.05) is 13.1 Å². The third-order valence-electron chi connectivity index (χ3n) is 2.82. The van der Waals surface area contributed by atoms with E-state index in [0.717, 1.165) is 5.69 Å². The Labute approximate surface area is 99.9 Å². The van der Waals surface area contributed by atoms with Crippen molar-refractivity contribution in [2.24, 2.45) is 0 Å². The topological polar surface area (TPSA) is 24.9 Å². The standard InChI is InChI=1S/C11H14F2N2.ClH/c1-8-6-9(2-4-15-8)10-7-14-5-3-11(10,12)13;/h2,4,6,10,14H,3,5,7H2,1H3;1H. The van der Waals surface area contributed by atoms with Crippen LogP contribution in [0.3, 0.4) is 0 Å². The fourth-order valence-corrected chi connectivity index (χ4v) is 1.97. The fraction of sp³-hybridized carbons (Fsp3) is 0.545. The highest BCUT2D eigenvalue weighted by Crippen LogP contribution is 2.37. The molecule has 1 aliphatic heterocycles. The maximum atomic E-state index is 13.6. The summed E-state index contributed by atoms with van der Waals surface area (Å²) in [5.74, 6) is -3.31. The summed E-state index contributed by atoms with van der Waals surface area (Å²) in [5.41, 5.74) is 1.47. The average molecular weight is 249 g/mol. The van der Waals surface area contributed by atoms with Crippen LogP contribution in [-0.2, 0) is 0 Å². The highest BCUT2D eigenvalue weighted by Gasteiger charge is 2.42. The van der Waals surface area contributed by atoms with E-state index in [2.05, 4.69) is 10.3 Å². The van der Waals surface area contributed by atoms with Gasteiger partial charge in [0.2, 0.25) is 0 Å². The first-order chi connectivity index (χ1) is 7.09. The molecule has 0 aliphatic carbocycles. The van der Waals surface area contributed by atoms with Gasteiger partial charge in [-0.15, -0.1) is 12.4 Å². The zero-order valence-electron chi connectivity index (χ0n) is 9.04. The molecule has 1 saturated heterocycles. The predicted octanol–water partition coefficient (Wildman–Crippen LogP) is 2.52. The average Bonchev–Trinajstić information content (AvgIpc) is 2.17. The second-order valence-electron chi connectivity index (χ2n) is 4.00. The highest BCUT2D eigenvalue weighted by molar-refractivity contribution is 5.85. The van der Waals surface area contributed by atoms with Gasteiger partial charge in [-0.2, -0.15) is 0 Å². The van der Waals surface area contributed by atoms with Crippen LogP contribution in [0, 0.1) is 6.92 Å². The number of aryl methyl sites for hydroxylation is 1. The number of alkyl halides is 2. The summed E-state index contributed by atoms with van der Waals surface area (Å²) in [7, 11) is 0. The number of aromatic nitrogens is 1. The van der Waals surface area contributed by atoms with Gasteiger partial charge in [-0.25, -0.2) is 8.78 Å². The molecule has 16 heavy (non-hydrogen) atoms. The molecule has 1 fully saturated rings. The number of rotatable bonds is 1. The third kappa shape index (κ3) is 2.68. The molecule has 0 radical (unpaired) electrons. The molecule has 1 N–H and O–H groups in total. The largest absolute Gasteiger partial charge is 0.316 e. The van der Waals surface area contributed by atoms with Crippen LogP contribution in [-0.4, -0.2) is 24.0 Å². The van der Waals surface area contributed by atoms with Crippen molar-refractivity contribution in [3.05, 3.63) is 29.6 Å². The predicted molar refractivity (Wildman–Crippen MR) is 61.4 cm³/mol. The Morgan fingerprint density at radius 2 is 2.25 bits per heavy atom. The maximum Gasteiger partial charge on any atom is 0.257 e. The first kappa shape index (κ1) is 13.3. The van der Waals surface area contributed by atoms with Crippen LogP contribution in [0.2, 0.25) is 0 Å². The number of piperidine rings is 1. The summed E-state index contributed by atoms with van der Waals surface area (Å²) in [6, 6.07) is 3.42. The van der Waals surface area contributed by atoms with Gasteiger partial charge in [0.1, 0.15) is 0 Å². The molecule has 0 spiro atoms. The van der Waals surface area contributed by atoms with Crippen LogP contribution in [0.15, 0.2) is 18.3 Å². The first-order valence-electron chi connectivity index (χ1n) is 5.11. The Balaban J connectivity index is 0.00000128. The van der Waals surface area contributed by atoms with E-state index in [1.807, 2.05) is 6.92 Å². The molecule has 2 heterocycles. The number of nitrogens with one attached hydrogen (secondary N) is 1. The summed E-state index contributed by atoms with van der Waals surface area (Å²) in [4.78, 5) is 4.02. The molecular formula is C11H15ClF2N2. The van der Waals surface area contributed by atoms with Gasteiger partial charge in [0, 0.05) is 31.4 Å². The number of hydrogen-bond acceptors (Lipinski definition) is 2. The summed E-state index contributed by atoms with van der Waals surface area (Å²) in [5, 5.41) is 3.01. The van der Waals surface area contributed by atoms with Gasteiger partial charge in [-0.3, -0.25) is 4.98 Å². The molecule has 1 aromatic rings. The highest BCUT2D eigenvalue weighted by atomic mass is 35.5. The van der Waals surface area contributed by atoms with E-state index in [4.69, 9.17) is 0 Å². The Morgan fingerprint density at radius 1 is 1.50 bits per heavy atom. The molecule has 2 rings (SSSR count). The number of hydrogen-bond donors (Lipinski definition) is 1. The van der Waals surface area contributed by atoms with Gasteiger partial charge in [-0.1, -0.05) is 0 Å². The van der Waals surface area contributed by atoms with Gasteiger partial charge >= 0.3 is 0 Å². The second kappa shape index (κ2) is 5.06. The monoisotopic (exact) mass is 248 g/mol. The summed E-state index contributed by atoms with van der Waals surface area (Å²) in [6.07, 6.45) is 1.51. The van der Waals surface area contributed by atoms with Crippen molar-refractivity contribution in [3.63, 3.8) is 0 Å². The quantitative estimate of drug-likeness (QED) is 0.826. The van der Waals surface area contributed by atoms with Crippen molar-refractivity contribution in [2.45, 2.75) is 25.2 Å². The van der Waals surface area contributed by atoms with E-state index in [1.54, 1.807) is 18.3 Å². The lowest BCUT2D eigenvalue weighted by atomic mass is 9.88. The van der Waals surface area contributed by atoms with Crippen LogP contribution in [0.1, 0.15) is 23.6 Å². The smallest absolute Gasteiger partial charge is 0.257 e. The van der Waals surface area contributed by atoms with Crippen molar-refractivity contribution < 1.29 is 8.78 Å². The molecule has 2 nitrogen and oxygen atoms in total. The fourth-order valence-electron chi connectivity index (χ4n) is 1.97. The van der Waals surface area contributed by atoms with Gasteiger partial charge in [0.05, 0.1) is 5.92 Å². The molecule has 0 saturated carbocycles. The minimum atomic E-state index is -2.60. The molecule has 90 valence electrons. The lowest BCUT2D eigenvalue weighted by molar-refractivity contribution is -0.0479. The van der Waals surface area contributed by atoms with E-state index in [0.29, 0.717) is 18.7 Å². The molecule has 1 atom stereocenters. The van der Waals surface area contributed by atoms with Crippen molar-refractivity contribution in [1.82, 2.24) is 10.3 Å². The zero-order chi connectivity index (χ0) is 10.9. The summed E-state index contributed by atoms with van der Waals surface area (Å²) < 4.78 is 27.3. The zero-order valence-corrected chi connectivity index (χ0v) is 9.86. The maximum absolute atomic E-state index is 13.6. The molecule has 0 amide bonds. The van der Waals surface area contributed by atoms with Crippen LogP contribution in [0.5, 0.6) is 0 Å². The normalized spacial score (nSPS) is 23.6. The van der Waals surface area contributed by atoms with Crippen LogP contribution in [0.25, 0.3) is 0 Å². The molecule has 1 aliphatic rings. The Kier molecular flexibility index (Phi) is 4.21. The van der Waals surface area contributed by atoms with Gasteiger partial charge < -0.3 is 5.32 Å². The number of nitrogens with zero attached hydrogens (tertiary/aromatic N) is 1. The van der Waals surface area contributed by atoms with E-state index in [-0.39, 0.29) is 18.8 Å². The van der Waals surface area contributed by atoms with Gasteiger partial charge in [-0.05, 0) is 24.6 Å². The van der Waals surface area contributed by atoms with Crippen LogP contribution in [0.4, 0.5) is 8.78 Å². The van der Waals surface area contributed by atoms with Crippen LogP contribution >= 0.6 is 12.4 Å². The Bertz CT molecular complexity index is 358. The molecule has 1 unspecified atom stereocenters. The van der Waals surface area contributed by atoms with E-state index in [1.165, 1.54) is 0 Å². The minimum absolute atomic E-state index is 0. The van der Waals surface area contributed by atoms with Crippen molar-refractivity contribution in [3.8, 4) is 0 Å². The van der Waals surface area contributed by atoms with Gasteiger partial charge in [0.15, 0.2) is 0 Å². The van der Waals surface area contributed by atoms with E-state index >= 15 is 0 Å². The summed E-state index contributed by atoms with van der Waals surface area (Å²) in [6.45, 7) is 2.56. The third-order valence-corrected chi connectivity index (χ3v) is 2.82. The molecule has 0 aromatic carbocycles. The van der Waals surface area contributed by atoms with E-state index in [9.17, 15) is 8.78 Å². The molecule has 0 bridgehead atoms. The number of halogens is 3. The lowest BCUT2D eigenvalue weighted by Gasteiger charge is -2.32. The second-order valence-corrected chi connectivity index (χ2v) is 4.00. The van der Waals surface area contributed by atoms with Gasteiger partial charge in [0.25, 0.3) is 5.92 Å². The minimum Gasteiger partial charge on any atom is -0.316 e. The Hall–Kier alpha value is -0.740. The van der Waals surface area contributed by atoms with E-state index < -0.39 is 11.8 Å². The lowest BCUT2D eigenvalue weighted by Crippen LogP contribution is -2.42. The van der Waals surface area contributed by atoms with Crippen LogP contribution < -0.4 is 5.32 Å². The molecule has 5 heteroatoms. The van der Waals surface area contributed by atoms with Crippen molar-refractivity contribution in [1.29, 1.82) is 0 Å². The molecule has 1 aromatic heterocycles. The SMILES string of the molecule is Cc1cc(C2CNCCC2(F)F)ccn1.Cl. The summed E-state index contributed by atoms with van der Waals surface area (Å²) >= 11 is 0. The Morgan fingerprint density at radius 3 is 2.88 bits per heavy atom. The van der Waals surface area contributed by atoms with Crippen molar-refractivity contribution >= 4 is 12.4 Å². The molecular weight excluding hydrogens is 234 g/mol. The number of pyridine rings is 1.